The first-order chi connectivity index (χ1) is 9.97. The van der Waals surface area contributed by atoms with Crippen LogP contribution in [0.1, 0.15) is 35.3 Å². The summed E-state index contributed by atoms with van der Waals surface area (Å²) in [6.45, 7) is 4.91. The van der Waals surface area contributed by atoms with Crippen molar-refractivity contribution in [2.45, 2.75) is 25.7 Å². The molecule has 2 nitrogen and oxygen atoms in total. The topological polar surface area (TPSA) is 26.3 Å². The quantitative estimate of drug-likeness (QED) is 0.784. The van der Waals surface area contributed by atoms with E-state index in [1.54, 1.807) is 0 Å². The van der Waals surface area contributed by atoms with Crippen LogP contribution in [0.25, 0.3) is 0 Å². The number of hydrogen-bond donors (Lipinski definition) is 0. The molecule has 0 saturated carbocycles. The van der Waals surface area contributed by atoms with E-state index in [4.69, 9.17) is 16.3 Å². The fourth-order valence-electron chi connectivity index (χ4n) is 2.61. The Kier molecular flexibility index (Phi) is 3.50. The molecule has 0 N–H and O–H groups in total. The van der Waals surface area contributed by atoms with Crippen molar-refractivity contribution in [1.29, 1.82) is 0 Å². The molecule has 0 saturated heterocycles. The smallest absolute Gasteiger partial charge is 0.167 e. The van der Waals surface area contributed by atoms with Crippen LogP contribution in [0.3, 0.4) is 0 Å². The lowest BCUT2D eigenvalue weighted by Gasteiger charge is -2.15. The van der Waals surface area contributed by atoms with Crippen molar-refractivity contribution in [2.24, 2.45) is 0 Å². The number of ether oxygens (including phenoxy) is 1. The average Bonchev–Trinajstić information content (AvgIpc) is 2.77. The summed E-state index contributed by atoms with van der Waals surface area (Å²) in [6.07, 6.45) is 0.319. The van der Waals surface area contributed by atoms with E-state index in [1.165, 1.54) is 0 Å². The largest absolute Gasteiger partial charge is 0.492 e. The van der Waals surface area contributed by atoms with Crippen LogP contribution in [0.4, 0.5) is 0 Å². The molecule has 3 rings (SSSR count). The molecule has 0 aromatic heterocycles. The summed E-state index contributed by atoms with van der Waals surface area (Å²) >= 11 is 6.12. The van der Waals surface area contributed by atoms with E-state index in [2.05, 4.69) is 13.8 Å². The summed E-state index contributed by atoms with van der Waals surface area (Å²) in [5, 5.41) is 0.635. The summed E-state index contributed by atoms with van der Waals surface area (Å²) < 4.78 is 5.65. The van der Waals surface area contributed by atoms with Gasteiger partial charge in [0.1, 0.15) is 5.75 Å². The number of rotatable bonds is 3. The van der Waals surface area contributed by atoms with Gasteiger partial charge in [0, 0.05) is 28.0 Å². The van der Waals surface area contributed by atoms with Gasteiger partial charge in [-0.05, 0) is 29.8 Å². The van der Waals surface area contributed by atoms with E-state index in [9.17, 15) is 4.79 Å². The highest BCUT2D eigenvalue weighted by molar-refractivity contribution is 6.31. The van der Waals surface area contributed by atoms with Crippen LogP contribution in [0, 0.1) is 0 Å². The van der Waals surface area contributed by atoms with Crippen molar-refractivity contribution >= 4 is 17.4 Å². The zero-order valence-electron chi connectivity index (χ0n) is 12.2. The number of halogens is 1. The Morgan fingerprint density at radius 2 is 2.00 bits per heavy atom. The maximum absolute atomic E-state index is 12.5. The van der Waals surface area contributed by atoms with Gasteiger partial charge in [-0.1, -0.05) is 43.6 Å². The van der Waals surface area contributed by atoms with Gasteiger partial charge in [-0.3, -0.25) is 4.79 Å². The number of ketones is 1. The molecular weight excluding hydrogens is 284 g/mol. The van der Waals surface area contributed by atoms with Crippen molar-refractivity contribution in [3.05, 3.63) is 64.2 Å². The van der Waals surface area contributed by atoms with Crippen LogP contribution in [-0.4, -0.2) is 12.4 Å². The van der Waals surface area contributed by atoms with Crippen molar-refractivity contribution in [3.63, 3.8) is 0 Å². The Morgan fingerprint density at radius 1 is 1.24 bits per heavy atom. The molecule has 0 radical (unpaired) electrons. The highest BCUT2D eigenvalue weighted by Crippen LogP contribution is 2.38. The summed E-state index contributed by atoms with van der Waals surface area (Å²) in [5.74, 6) is 0.961. The number of Topliss-reactive ketones (excluding diaryl/α,β-unsaturated/α-hetero) is 1. The molecule has 1 aliphatic heterocycles. The Balaban J connectivity index is 1.88. The molecule has 0 bridgehead atoms. The molecular formula is C18H17ClO2. The fourth-order valence-corrected chi connectivity index (χ4v) is 2.81. The van der Waals surface area contributed by atoms with Gasteiger partial charge in [-0.2, -0.15) is 0 Å². The van der Waals surface area contributed by atoms with Crippen molar-refractivity contribution in [2.75, 3.05) is 6.61 Å². The Labute approximate surface area is 129 Å². The van der Waals surface area contributed by atoms with Gasteiger partial charge in [0.2, 0.25) is 0 Å². The first-order valence-corrected chi connectivity index (χ1v) is 7.39. The first kappa shape index (κ1) is 14.2. The van der Waals surface area contributed by atoms with E-state index < -0.39 is 0 Å². The number of carbonyl (C=O) groups excluding carboxylic acids is 1. The van der Waals surface area contributed by atoms with Crippen molar-refractivity contribution < 1.29 is 9.53 Å². The van der Waals surface area contributed by atoms with Gasteiger partial charge in [-0.15, -0.1) is 0 Å². The molecule has 0 unspecified atom stereocenters. The predicted molar refractivity (Wildman–Crippen MR) is 84.4 cm³/mol. The maximum atomic E-state index is 12.5. The molecule has 1 aliphatic rings. The summed E-state index contributed by atoms with van der Waals surface area (Å²) in [5.41, 5.74) is 2.63. The second-order valence-corrected chi connectivity index (χ2v) is 6.48. The molecule has 0 amide bonds. The Hall–Kier alpha value is -1.80. The highest BCUT2D eigenvalue weighted by Gasteiger charge is 2.32. The third-order valence-electron chi connectivity index (χ3n) is 3.93. The lowest BCUT2D eigenvalue weighted by atomic mass is 9.85. The lowest BCUT2D eigenvalue weighted by molar-refractivity contribution is 0.0993. The van der Waals surface area contributed by atoms with E-state index in [1.807, 2.05) is 42.5 Å². The third-order valence-corrected chi connectivity index (χ3v) is 4.30. The number of benzene rings is 2. The van der Waals surface area contributed by atoms with Gasteiger partial charge in [0.25, 0.3) is 0 Å². The van der Waals surface area contributed by atoms with Crippen LogP contribution in [0.2, 0.25) is 5.02 Å². The number of hydrogen-bond acceptors (Lipinski definition) is 2. The highest BCUT2D eigenvalue weighted by atomic mass is 35.5. The molecule has 3 heteroatoms. The molecule has 0 atom stereocenters. The van der Waals surface area contributed by atoms with E-state index in [0.717, 1.165) is 16.9 Å². The minimum absolute atomic E-state index is 0.0456. The monoisotopic (exact) mass is 300 g/mol. The minimum atomic E-state index is -0.0456. The van der Waals surface area contributed by atoms with Gasteiger partial charge < -0.3 is 4.74 Å². The van der Waals surface area contributed by atoms with E-state index >= 15 is 0 Å². The van der Waals surface area contributed by atoms with Crippen molar-refractivity contribution in [1.82, 2.24) is 0 Å². The molecule has 1 heterocycles. The molecule has 0 fully saturated rings. The van der Waals surface area contributed by atoms with Crippen LogP contribution < -0.4 is 4.74 Å². The van der Waals surface area contributed by atoms with E-state index in [0.29, 0.717) is 23.6 Å². The van der Waals surface area contributed by atoms with Crippen molar-refractivity contribution in [3.8, 4) is 5.75 Å². The maximum Gasteiger partial charge on any atom is 0.167 e. The first-order valence-electron chi connectivity index (χ1n) is 7.01. The normalized spacial score (nSPS) is 15.4. The Morgan fingerprint density at radius 3 is 2.76 bits per heavy atom. The second kappa shape index (κ2) is 5.19. The molecule has 108 valence electrons. The minimum Gasteiger partial charge on any atom is -0.492 e. The lowest BCUT2D eigenvalue weighted by Crippen LogP contribution is -2.18. The average molecular weight is 301 g/mol. The van der Waals surface area contributed by atoms with Gasteiger partial charge in [0.15, 0.2) is 5.78 Å². The summed E-state index contributed by atoms with van der Waals surface area (Å²) in [4.78, 5) is 12.5. The number of fused-ring (bicyclic) bond motifs is 1. The molecule has 2 aromatic carbocycles. The fraction of sp³-hybridized carbons (Fsp3) is 0.278. The van der Waals surface area contributed by atoms with Crippen LogP contribution >= 0.6 is 11.6 Å². The molecule has 0 aliphatic carbocycles. The third kappa shape index (κ3) is 2.68. The zero-order chi connectivity index (χ0) is 15.0. The molecule has 2 aromatic rings. The van der Waals surface area contributed by atoms with Gasteiger partial charge in [0.05, 0.1) is 6.61 Å². The standard InChI is InChI=1S/C18H17ClO2/c1-18(2)11-21-17-8-7-13(9-14(17)18)16(20)10-12-5-3-4-6-15(12)19/h3-9H,10-11H2,1-2H3. The molecule has 21 heavy (non-hydrogen) atoms. The van der Waals surface area contributed by atoms with Gasteiger partial charge in [-0.25, -0.2) is 0 Å². The van der Waals surface area contributed by atoms with Crippen LogP contribution in [0.5, 0.6) is 5.75 Å². The summed E-state index contributed by atoms with van der Waals surface area (Å²) in [7, 11) is 0. The van der Waals surface area contributed by atoms with Crippen LogP contribution in [0.15, 0.2) is 42.5 Å². The summed E-state index contributed by atoms with van der Waals surface area (Å²) in [6, 6.07) is 13.1. The number of carbonyl (C=O) groups is 1. The second-order valence-electron chi connectivity index (χ2n) is 6.07. The SMILES string of the molecule is CC1(C)COc2ccc(C(=O)Cc3ccccc3Cl)cc21. The van der Waals surface area contributed by atoms with Crippen LogP contribution in [-0.2, 0) is 11.8 Å². The zero-order valence-corrected chi connectivity index (χ0v) is 12.9. The Bertz CT molecular complexity index is 704. The van der Waals surface area contributed by atoms with Gasteiger partial charge >= 0.3 is 0 Å². The molecule has 0 spiro atoms. The predicted octanol–water partition coefficient (Wildman–Crippen LogP) is 4.44. The van der Waals surface area contributed by atoms with E-state index in [-0.39, 0.29) is 11.2 Å².